The minimum atomic E-state index is -4.32. The van der Waals surface area contributed by atoms with Gasteiger partial charge in [0.25, 0.3) is 11.8 Å². The zero-order chi connectivity index (χ0) is 30.2. The maximum absolute atomic E-state index is 14.8. The molecule has 0 aliphatic carbocycles. The number of fused-ring (bicyclic) bond motifs is 1. The molecule has 2 aliphatic rings. The Bertz CT molecular complexity index is 1460. The number of nitrogens with one attached hydrogen (secondary N) is 2. The van der Waals surface area contributed by atoms with Crippen molar-refractivity contribution in [2.75, 3.05) is 0 Å². The second-order valence-corrected chi connectivity index (χ2v) is 7.19. The number of carbonyl (C=O) groups excluding carboxylic acids is 4. The van der Waals surface area contributed by atoms with Crippen molar-refractivity contribution in [2.45, 2.75) is 37.7 Å². The molecule has 4 amide bonds. The summed E-state index contributed by atoms with van der Waals surface area (Å²) in [6.45, 7) is -3.94. The van der Waals surface area contributed by atoms with Gasteiger partial charge in [-0.1, -0.05) is 35.9 Å². The molecule has 0 spiro atoms. The van der Waals surface area contributed by atoms with Crippen LogP contribution < -0.4 is 10.6 Å². The first-order chi connectivity index (χ1) is 18.2. The molecule has 2 aromatic rings. The van der Waals surface area contributed by atoms with Crippen molar-refractivity contribution in [2.24, 2.45) is 0 Å². The Morgan fingerprint density at radius 1 is 1.31 bits per heavy atom. The van der Waals surface area contributed by atoms with Gasteiger partial charge >= 0.3 is 5.92 Å². The summed E-state index contributed by atoms with van der Waals surface area (Å²) in [6.07, 6.45) is -6.94. The molecule has 1 fully saturated rings. The molecule has 1 unspecified atom stereocenters. The van der Waals surface area contributed by atoms with E-state index in [4.69, 9.17) is 22.6 Å². The molecule has 7 nitrogen and oxygen atoms in total. The van der Waals surface area contributed by atoms with Crippen LogP contribution in [0.3, 0.4) is 0 Å². The van der Waals surface area contributed by atoms with E-state index in [9.17, 15) is 28.0 Å². The van der Waals surface area contributed by atoms with Gasteiger partial charge in [-0.3, -0.25) is 24.5 Å². The van der Waals surface area contributed by atoms with Crippen molar-refractivity contribution in [3.8, 4) is 0 Å². The highest BCUT2D eigenvalue weighted by atomic mass is 35.5. The van der Waals surface area contributed by atoms with Gasteiger partial charge in [0.05, 0.1) is 4.11 Å². The molecule has 2 heterocycles. The van der Waals surface area contributed by atoms with E-state index >= 15 is 0 Å². The minimum absolute atomic E-state index is 0.0998. The smallest absolute Gasteiger partial charge is 0.346 e. The summed E-state index contributed by atoms with van der Waals surface area (Å²) in [5, 5.41) is 1.08. The van der Waals surface area contributed by atoms with Crippen LogP contribution >= 0.6 is 11.6 Å². The molecule has 1 saturated heterocycles. The fourth-order valence-corrected chi connectivity index (χ4v) is 3.22. The monoisotopic (exact) mass is 469 g/mol. The number of hydrogen-bond acceptors (Lipinski definition) is 4. The molecule has 2 aliphatic heterocycles. The zero-order valence-corrected chi connectivity index (χ0v) is 16.7. The van der Waals surface area contributed by atoms with Crippen LogP contribution in [0.15, 0.2) is 42.5 Å². The van der Waals surface area contributed by atoms with Gasteiger partial charge in [-0.2, -0.15) is 8.78 Å². The molecule has 166 valence electrons. The fraction of sp³-hybridized carbons (Fsp3) is 0.273. The topological polar surface area (TPSA) is 95.6 Å². The lowest BCUT2D eigenvalue weighted by molar-refractivity contribution is -0.147. The SMILES string of the molecule is [2H]N(C(=O)C(F)(F)c1ccc(Cl)cc1)C([2H])([2H])c1ccc2c(c1)CN(C1([2H])C(=O)NC(=O)C([2H])([2H])C1([2H])[2H])C2=O. The van der Waals surface area contributed by atoms with E-state index in [1.807, 2.05) is 0 Å². The third kappa shape index (κ3) is 4.08. The van der Waals surface area contributed by atoms with Crippen molar-refractivity contribution in [3.05, 3.63) is 69.7 Å². The van der Waals surface area contributed by atoms with Gasteiger partial charge in [0.2, 0.25) is 11.8 Å². The highest BCUT2D eigenvalue weighted by Gasteiger charge is 2.41. The van der Waals surface area contributed by atoms with Crippen molar-refractivity contribution in [1.29, 1.82) is 0 Å². The van der Waals surface area contributed by atoms with Gasteiger partial charge < -0.3 is 10.2 Å². The molecule has 2 N–H and O–H groups in total. The van der Waals surface area contributed by atoms with E-state index < -0.39 is 77.8 Å². The predicted molar refractivity (Wildman–Crippen MR) is 110 cm³/mol. The van der Waals surface area contributed by atoms with Gasteiger partial charge in [0.15, 0.2) is 1.41 Å². The Kier molecular flexibility index (Phi) is 3.62. The Labute approximate surface area is 198 Å². The van der Waals surface area contributed by atoms with E-state index in [0.717, 1.165) is 42.5 Å². The van der Waals surface area contributed by atoms with Crippen molar-refractivity contribution < 1.29 is 39.0 Å². The van der Waals surface area contributed by atoms with Crippen LogP contribution in [0.4, 0.5) is 8.78 Å². The summed E-state index contributed by atoms with van der Waals surface area (Å²) in [5.74, 6) is -10.9. The molecule has 0 saturated carbocycles. The number of imide groups is 1. The average Bonchev–Trinajstić information content (AvgIpc) is 3.22. The number of carbonyl (C=O) groups is 4. The van der Waals surface area contributed by atoms with Crippen LogP contribution in [0.25, 0.3) is 0 Å². The third-order valence-corrected chi connectivity index (χ3v) is 4.93. The summed E-state index contributed by atoms with van der Waals surface area (Å²) >= 11 is 5.67. The Morgan fingerprint density at radius 3 is 2.75 bits per heavy atom. The summed E-state index contributed by atoms with van der Waals surface area (Å²) in [6, 6.07) is 3.36. The lowest BCUT2D eigenvalue weighted by Gasteiger charge is -2.29. The van der Waals surface area contributed by atoms with E-state index in [-0.39, 0.29) is 16.1 Å². The van der Waals surface area contributed by atoms with Crippen LogP contribution in [0.5, 0.6) is 0 Å². The summed E-state index contributed by atoms with van der Waals surface area (Å²) in [4.78, 5) is 50.5. The molecule has 2 aromatic carbocycles. The first-order valence-electron chi connectivity index (χ1n) is 13.0. The summed E-state index contributed by atoms with van der Waals surface area (Å²) in [5.41, 5.74) is -1.79. The van der Waals surface area contributed by atoms with Gasteiger partial charge in [-0.15, -0.1) is 0 Å². The minimum Gasteiger partial charge on any atom is -0.346 e. The van der Waals surface area contributed by atoms with E-state index in [1.165, 1.54) is 0 Å². The Hall–Kier alpha value is -3.33. The van der Waals surface area contributed by atoms with Crippen LogP contribution in [-0.2, 0) is 33.3 Å². The molecule has 0 aromatic heterocycles. The summed E-state index contributed by atoms with van der Waals surface area (Å²) in [7, 11) is 0. The second-order valence-electron chi connectivity index (χ2n) is 6.76. The summed E-state index contributed by atoms with van der Waals surface area (Å²) < 4.78 is 94.3. The highest BCUT2D eigenvalue weighted by molar-refractivity contribution is 6.30. The zero-order valence-electron chi connectivity index (χ0n) is 23.9. The third-order valence-electron chi connectivity index (χ3n) is 4.68. The number of nitrogens with zero attached hydrogens (tertiary/aromatic N) is 1. The van der Waals surface area contributed by atoms with Gasteiger partial charge in [-0.05, 0) is 35.7 Å². The number of hydrogen-bond donors (Lipinski definition) is 2. The predicted octanol–water partition coefficient (Wildman–Crippen LogP) is 2.51. The quantitative estimate of drug-likeness (QED) is 0.658. The number of piperidine rings is 1. The lowest BCUT2D eigenvalue weighted by atomic mass is 10.0. The molecule has 10 heteroatoms. The Balaban J connectivity index is 1.67. The number of amides is 4. The molecule has 32 heavy (non-hydrogen) atoms. The lowest BCUT2D eigenvalue weighted by Crippen LogP contribution is -2.52. The van der Waals surface area contributed by atoms with E-state index in [2.05, 4.69) is 0 Å². The van der Waals surface area contributed by atoms with E-state index in [0.29, 0.717) is 4.90 Å². The van der Waals surface area contributed by atoms with Crippen LogP contribution in [0.1, 0.15) is 49.4 Å². The highest BCUT2D eigenvalue weighted by Crippen LogP contribution is 2.30. The van der Waals surface area contributed by atoms with Crippen molar-refractivity contribution >= 4 is 35.2 Å². The Morgan fingerprint density at radius 2 is 2.03 bits per heavy atom. The normalized spacial score (nSPS) is 28.0. The first kappa shape index (κ1) is 13.9. The molecule has 0 bridgehead atoms. The van der Waals surface area contributed by atoms with Crippen LogP contribution in [-0.4, -0.2) is 34.5 Å². The van der Waals surface area contributed by atoms with Crippen LogP contribution in [0, 0.1) is 0 Å². The molecular formula is C22H18ClF2N3O4. The number of halogens is 3. The molecule has 0 radical (unpaired) electrons. The van der Waals surface area contributed by atoms with Gasteiger partial charge in [-0.25, -0.2) is 0 Å². The van der Waals surface area contributed by atoms with Crippen LogP contribution in [0.2, 0.25) is 6.43 Å². The number of benzene rings is 2. The van der Waals surface area contributed by atoms with Gasteiger partial charge in [0, 0.05) is 41.0 Å². The first-order valence-corrected chi connectivity index (χ1v) is 9.39. The molecule has 4 rings (SSSR count). The van der Waals surface area contributed by atoms with Crippen molar-refractivity contribution in [1.82, 2.24) is 15.5 Å². The second kappa shape index (κ2) is 8.31. The fourth-order valence-electron chi connectivity index (χ4n) is 3.10. The van der Waals surface area contributed by atoms with Gasteiger partial charge in [0.1, 0.15) is 6.02 Å². The number of alkyl halides is 2. The maximum Gasteiger partial charge on any atom is 0.349 e. The van der Waals surface area contributed by atoms with E-state index in [1.54, 1.807) is 5.32 Å². The van der Waals surface area contributed by atoms with Crippen molar-refractivity contribution in [3.63, 3.8) is 0 Å². The standard InChI is InChI=1S/C22H18ClF2N3O4/c23-15-4-2-14(3-5-15)22(24,25)21(32)26-10-12-1-6-16-13(9-12)11-28(20(16)31)17-7-8-18(29)27-19(17)30/h1-6,9,17H,7-8,10-11H2,(H,26,32)(H,27,29,30)/i7D2,8D2,10D2,17D/hD. The largest absolute Gasteiger partial charge is 0.349 e. The average molecular weight is 470 g/mol. The molecule has 1 atom stereocenters. The molecular weight excluding hydrogens is 444 g/mol. The number of rotatable bonds is 5. The maximum atomic E-state index is 14.8.